The van der Waals surface area contributed by atoms with Gasteiger partial charge in [-0.2, -0.15) is 13.2 Å². The molecule has 4 rings (SSSR count). The van der Waals surface area contributed by atoms with E-state index in [9.17, 15) is 13.6 Å². The van der Waals surface area contributed by atoms with Gasteiger partial charge in [0.2, 0.25) is 0 Å². The lowest BCUT2D eigenvalue weighted by atomic mass is 10.1. The molecule has 1 N–H and O–H groups in total. The number of ether oxygens (including phenoxy) is 2. The van der Waals surface area contributed by atoms with E-state index in [1.807, 2.05) is 30.3 Å². The van der Waals surface area contributed by atoms with Gasteiger partial charge in [-0.15, -0.1) is 0 Å². The zero-order chi connectivity index (χ0) is 21.1. The van der Waals surface area contributed by atoms with Gasteiger partial charge in [-0.3, -0.25) is 4.79 Å². The molecule has 2 aromatic heterocycles. The first-order chi connectivity index (χ1) is 14.5. The van der Waals surface area contributed by atoms with Crippen LogP contribution in [0.15, 0.2) is 53.3 Å². The third-order valence-corrected chi connectivity index (χ3v) is 5.16. The fourth-order valence-electron chi connectivity index (χ4n) is 3.08. The standard InChI is InChI=1S/C21H17F2N3O3S/c1-2-28-15-10-12(8-9-14(15)29-21(22)23)11-16-24-18-17(13-6-4-3-5-7-13)26-30-19(18)20(27)25-16/h3-10,21H,2,11H2,1H3,(H,24,25,27). The molecule has 0 saturated heterocycles. The van der Waals surface area contributed by atoms with Crippen LogP contribution in [0, 0.1) is 0 Å². The number of H-pyrrole nitrogens is 1. The number of nitrogens with zero attached hydrogens (tertiary/aromatic N) is 2. The van der Waals surface area contributed by atoms with E-state index >= 15 is 0 Å². The minimum atomic E-state index is -2.95. The maximum atomic E-state index is 12.6. The van der Waals surface area contributed by atoms with Crippen LogP contribution >= 0.6 is 11.5 Å². The monoisotopic (exact) mass is 429 g/mol. The molecule has 154 valence electrons. The minimum absolute atomic E-state index is 0.0408. The maximum absolute atomic E-state index is 12.6. The summed E-state index contributed by atoms with van der Waals surface area (Å²) in [6, 6.07) is 14.2. The Morgan fingerprint density at radius 3 is 2.67 bits per heavy atom. The summed E-state index contributed by atoms with van der Waals surface area (Å²) in [5, 5.41) is 0. The van der Waals surface area contributed by atoms with E-state index in [0.717, 1.165) is 22.7 Å². The maximum Gasteiger partial charge on any atom is 0.387 e. The predicted molar refractivity (Wildman–Crippen MR) is 111 cm³/mol. The fourth-order valence-corrected chi connectivity index (χ4v) is 3.81. The van der Waals surface area contributed by atoms with Crippen molar-refractivity contribution in [2.45, 2.75) is 20.0 Å². The zero-order valence-electron chi connectivity index (χ0n) is 15.9. The van der Waals surface area contributed by atoms with Gasteiger partial charge in [0.15, 0.2) is 11.5 Å². The second kappa shape index (κ2) is 8.58. The van der Waals surface area contributed by atoms with E-state index in [4.69, 9.17) is 4.74 Å². The minimum Gasteiger partial charge on any atom is -0.490 e. The zero-order valence-corrected chi connectivity index (χ0v) is 16.7. The molecule has 0 aliphatic heterocycles. The van der Waals surface area contributed by atoms with Crippen molar-refractivity contribution < 1.29 is 18.3 Å². The predicted octanol–water partition coefficient (Wildman–Crippen LogP) is 4.64. The summed E-state index contributed by atoms with van der Waals surface area (Å²) in [7, 11) is 0. The summed E-state index contributed by atoms with van der Waals surface area (Å²) < 4.78 is 40.0. The third-order valence-electron chi connectivity index (χ3n) is 4.32. The molecule has 0 saturated carbocycles. The Balaban J connectivity index is 1.70. The van der Waals surface area contributed by atoms with E-state index in [1.54, 1.807) is 19.1 Å². The Kier molecular flexibility index (Phi) is 5.71. The molecule has 0 bridgehead atoms. The molecule has 0 radical (unpaired) electrons. The summed E-state index contributed by atoms with van der Waals surface area (Å²) in [6.45, 7) is -0.899. The summed E-state index contributed by atoms with van der Waals surface area (Å²) in [5.74, 6) is 0.608. The second-order valence-electron chi connectivity index (χ2n) is 6.36. The Bertz CT molecular complexity index is 1230. The van der Waals surface area contributed by atoms with Crippen LogP contribution in [0.3, 0.4) is 0 Å². The summed E-state index contributed by atoms with van der Waals surface area (Å²) >= 11 is 1.10. The quantitative estimate of drug-likeness (QED) is 0.463. The van der Waals surface area contributed by atoms with Gasteiger partial charge >= 0.3 is 6.61 Å². The first-order valence-corrected chi connectivity index (χ1v) is 9.97. The van der Waals surface area contributed by atoms with Gasteiger partial charge in [0, 0.05) is 12.0 Å². The van der Waals surface area contributed by atoms with Gasteiger partial charge in [-0.1, -0.05) is 36.4 Å². The highest BCUT2D eigenvalue weighted by atomic mass is 32.1. The molecular formula is C21H17F2N3O3S. The average Bonchev–Trinajstić information content (AvgIpc) is 3.15. The van der Waals surface area contributed by atoms with Crippen molar-refractivity contribution in [3.05, 3.63) is 70.3 Å². The Morgan fingerprint density at radius 2 is 1.93 bits per heavy atom. The van der Waals surface area contributed by atoms with Crippen molar-refractivity contribution in [3.8, 4) is 22.8 Å². The van der Waals surface area contributed by atoms with Gasteiger partial charge in [-0.25, -0.2) is 4.98 Å². The molecule has 6 nitrogen and oxygen atoms in total. The van der Waals surface area contributed by atoms with Crippen LogP contribution in [0.2, 0.25) is 0 Å². The Hall–Kier alpha value is -3.33. The molecule has 30 heavy (non-hydrogen) atoms. The molecular weight excluding hydrogens is 412 g/mol. The normalized spacial score (nSPS) is 11.2. The largest absolute Gasteiger partial charge is 0.490 e. The van der Waals surface area contributed by atoms with Crippen LogP contribution in [-0.4, -0.2) is 27.6 Å². The van der Waals surface area contributed by atoms with Crippen LogP contribution in [0.25, 0.3) is 21.5 Å². The second-order valence-corrected chi connectivity index (χ2v) is 7.13. The number of hydrogen-bond acceptors (Lipinski definition) is 6. The van der Waals surface area contributed by atoms with Gasteiger partial charge in [0.05, 0.1) is 6.61 Å². The van der Waals surface area contributed by atoms with Crippen molar-refractivity contribution >= 4 is 21.7 Å². The van der Waals surface area contributed by atoms with Crippen molar-refractivity contribution in [3.63, 3.8) is 0 Å². The molecule has 0 fully saturated rings. The number of halogens is 2. The molecule has 0 atom stereocenters. The van der Waals surface area contributed by atoms with E-state index in [2.05, 4.69) is 19.1 Å². The molecule has 0 aliphatic rings. The number of fused-ring (bicyclic) bond motifs is 1. The lowest BCUT2D eigenvalue weighted by Crippen LogP contribution is -2.11. The first-order valence-electron chi connectivity index (χ1n) is 9.19. The number of nitrogens with one attached hydrogen (secondary N) is 1. The van der Waals surface area contributed by atoms with E-state index in [0.29, 0.717) is 28.3 Å². The average molecular weight is 429 g/mol. The van der Waals surface area contributed by atoms with Crippen LogP contribution in [0.4, 0.5) is 8.78 Å². The van der Waals surface area contributed by atoms with Gasteiger partial charge in [0.1, 0.15) is 21.7 Å². The van der Waals surface area contributed by atoms with Gasteiger partial charge < -0.3 is 14.5 Å². The highest BCUT2D eigenvalue weighted by Gasteiger charge is 2.16. The number of benzene rings is 2. The molecule has 2 heterocycles. The van der Waals surface area contributed by atoms with E-state index < -0.39 is 6.61 Å². The highest BCUT2D eigenvalue weighted by molar-refractivity contribution is 7.13. The van der Waals surface area contributed by atoms with E-state index in [1.165, 1.54) is 6.07 Å². The lowest BCUT2D eigenvalue weighted by molar-refractivity contribution is -0.0514. The van der Waals surface area contributed by atoms with Crippen LogP contribution in [0.5, 0.6) is 11.5 Å². The number of aromatic amines is 1. The first kappa shape index (κ1) is 20.0. The molecule has 0 spiro atoms. The molecule has 0 unspecified atom stereocenters. The number of rotatable bonds is 7. The summed E-state index contributed by atoms with van der Waals surface area (Å²) in [6.07, 6.45) is 0.282. The fraction of sp³-hybridized carbons (Fsp3) is 0.190. The third kappa shape index (κ3) is 4.16. The Labute approximate surface area is 174 Å². The van der Waals surface area contributed by atoms with Crippen molar-refractivity contribution in [2.75, 3.05) is 6.61 Å². The Morgan fingerprint density at radius 1 is 1.13 bits per heavy atom. The van der Waals surface area contributed by atoms with E-state index in [-0.39, 0.29) is 23.5 Å². The lowest BCUT2D eigenvalue weighted by Gasteiger charge is -2.12. The number of hydrogen-bond donors (Lipinski definition) is 1. The van der Waals surface area contributed by atoms with Gasteiger partial charge in [-0.05, 0) is 36.2 Å². The molecule has 2 aromatic carbocycles. The topological polar surface area (TPSA) is 77.1 Å². The van der Waals surface area contributed by atoms with Crippen molar-refractivity contribution in [1.29, 1.82) is 0 Å². The number of aromatic nitrogens is 3. The summed E-state index contributed by atoms with van der Waals surface area (Å²) in [4.78, 5) is 19.9. The van der Waals surface area contributed by atoms with Crippen molar-refractivity contribution in [2.24, 2.45) is 0 Å². The highest BCUT2D eigenvalue weighted by Crippen LogP contribution is 2.31. The molecule has 4 aromatic rings. The van der Waals surface area contributed by atoms with Gasteiger partial charge in [0.25, 0.3) is 5.56 Å². The smallest absolute Gasteiger partial charge is 0.387 e. The SMILES string of the molecule is CCOc1cc(Cc2nc3c(-c4ccccc4)nsc3c(=O)[nH]2)ccc1OC(F)F. The molecule has 0 aliphatic carbocycles. The number of alkyl halides is 2. The van der Waals surface area contributed by atoms with Crippen LogP contribution in [-0.2, 0) is 6.42 Å². The van der Waals surface area contributed by atoms with Crippen LogP contribution < -0.4 is 15.0 Å². The molecule has 0 amide bonds. The van der Waals surface area contributed by atoms with Crippen molar-refractivity contribution in [1.82, 2.24) is 14.3 Å². The van der Waals surface area contributed by atoms with Crippen LogP contribution in [0.1, 0.15) is 18.3 Å². The molecule has 9 heteroatoms. The summed E-state index contributed by atoms with van der Waals surface area (Å²) in [5.41, 5.74) is 2.52.